The Morgan fingerprint density at radius 3 is 1.94 bits per heavy atom. The minimum absolute atomic E-state index is 0. The summed E-state index contributed by atoms with van der Waals surface area (Å²) in [5, 5.41) is 32.2. The van der Waals surface area contributed by atoms with Crippen LogP contribution in [0.2, 0.25) is 0 Å². The fraction of sp³-hybridized carbons (Fsp3) is 0. The predicted octanol–water partition coefficient (Wildman–Crippen LogP) is -1.88. The number of benzene rings is 1. The summed E-state index contributed by atoms with van der Waals surface area (Å²) in [6.45, 7) is 0. The second-order valence-electron chi connectivity index (χ2n) is 2.20. The van der Waals surface area contributed by atoms with Crippen molar-refractivity contribution in [2.24, 2.45) is 0 Å². The molecule has 0 fully saturated rings. The van der Waals surface area contributed by atoms with Gasteiger partial charge in [-0.15, -0.1) is 0 Å². The van der Waals surface area contributed by atoms with Gasteiger partial charge >= 0.3 is 29.0 Å². The SMILES string of the molecule is O=C([O-])c1ccccc1C(=O)O[O-].OO.[Mg+2]. The average Bonchev–Trinajstić information content (AvgIpc) is 2.30. The first kappa shape index (κ1) is 17.2. The standard InChI is InChI=1S/C8H6O5.Mg.H2O2/c9-7(10)5-3-1-2-4-6(5)8(11)13-12;;1-2/h1-4,12H,(H,9,10);;1-2H/q;+2;/p-2. The smallest absolute Gasteiger partial charge is 0.661 e. The van der Waals surface area contributed by atoms with E-state index in [9.17, 15) is 20.0 Å². The van der Waals surface area contributed by atoms with Crippen molar-refractivity contribution in [2.45, 2.75) is 0 Å². The van der Waals surface area contributed by atoms with Gasteiger partial charge in [-0.05, 0) is 6.07 Å². The minimum Gasteiger partial charge on any atom is -0.661 e. The van der Waals surface area contributed by atoms with Gasteiger partial charge in [0, 0.05) is 5.56 Å². The zero-order valence-electron chi connectivity index (χ0n) is 7.95. The first-order valence-electron chi connectivity index (χ1n) is 3.51. The fourth-order valence-corrected chi connectivity index (χ4v) is 0.884. The maximum atomic E-state index is 10.7. The Morgan fingerprint density at radius 1 is 1.12 bits per heavy atom. The summed E-state index contributed by atoms with van der Waals surface area (Å²) in [5.41, 5.74) is -0.666. The largest absolute Gasteiger partial charge is 2.00 e. The molecule has 0 amide bonds. The van der Waals surface area contributed by atoms with Crippen molar-refractivity contribution >= 4 is 35.0 Å². The molecular weight excluding hydrogens is 232 g/mol. The Hall–Kier alpha value is -1.19. The molecule has 0 heterocycles. The average molecular weight is 238 g/mol. The summed E-state index contributed by atoms with van der Waals surface area (Å²) in [7, 11) is 0. The van der Waals surface area contributed by atoms with Gasteiger partial charge in [-0.1, -0.05) is 18.2 Å². The van der Waals surface area contributed by atoms with E-state index in [0.29, 0.717) is 0 Å². The van der Waals surface area contributed by atoms with Gasteiger partial charge in [0.15, 0.2) is 0 Å². The number of carboxylic acid groups (broad SMARTS) is 1. The van der Waals surface area contributed by atoms with Gasteiger partial charge in [-0.2, -0.15) is 0 Å². The minimum atomic E-state index is -1.53. The van der Waals surface area contributed by atoms with Crippen molar-refractivity contribution in [1.29, 1.82) is 0 Å². The van der Waals surface area contributed by atoms with Gasteiger partial charge in [-0.3, -0.25) is 10.5 Å². The summed E-state index contributed by atoms with van der Waals surface area (Å²) >= 11 is 0. The summed E-state index contributed by atoms with van der Waals surface area (Å²) in [4.78, 5) is 24.3. The van der Waals surface area contributed by atoms with E-state index in [2.05, 4.69) is 4.89 Å². The molecule has 0 unspecified atom stereocenters. The van der Waals surface area contributed by atoms with Gasteiger partial charge in [0.25, 0.3) is 0 Å². The van der Waals surface area contributed by atoms with Crippen molar-refractivity contribution in [1.82, 2.24) is 0 Å². The Labute approximate surface area is 106 Å². The van der Waals surface area contributed by atoms with Crippen LogP contribution in [0.3, 0.4) is 0 Å². The van der Waals surface area contributed by atoms with Crippen molar-refractivity contribution < 1.29 is 35.4 Å². The van der Waals surface area contributed by atoms with Crippen LogP contribution in [0, 0.1) is 0 Å². The third-order valence-corrected chi connectivity index (χ3v) is 1.44. The van der Waals surface area contributed by atoms with E-state index in [-0.39, 0.29) is 34.2 Å². The molecule has 0 aliphatic heterocycles. The normalized spacial score (nSPS) is 7.94. The number of hydrogen-bond acceptors (Lipinski definition) is 7. The third kappa shape index (κ3) is 4.55. The maximum absolute atomic E-state index is 10.7. The molecule has 1 rings (SSSR count). The van der Waals surface area contributed by atoms with Crippen LogP contribution in [0.15, 0.2) is 24.3 Å². The summed E-state index contributed by atoms with van der Waals surface area (Å²) in [6, 6.07) is 5.15. The first-order chi connectivity index (χ1) is 7.16. The number of rotatable bonds is 2. The summed E-state index contributed by atoms with van der Waals surface area (Å²) in [6.07, 6.45) is 0. The molecular formula is C8H6MgO7. The molecule has 82 valence electrons. The molecule has 0 radical (unpaired) electrons. The third-order valence-electron chi connectivity index (χ3n) is 1.44. The van der Waals surface area contributed by atoms with Gasteiger partial charge in [0.1, 0.15) is 0 Å². The zero-order chi connectivity index (χ0) is 11.8. The number of carbonyl (C=O) groups excluding carboxylic acids is 2. The molecule has 1 aromatic rings. The molecule has 2 N–H and O–H groups in total. The molecule has 0 aliphatic rings. The second kappa shape index (κ2) is 9.06. The first-order valence-corrected chi connectivity index (χ1v) is 3.51. The zero-order valence-corrected chi connectivity index (χ0v) is 9.37. The van der Waals surface area contributed by atoms with Crippen molar-refractivity contribution in [3.63, 3.8) is 0 Å². The van der Waals surface area contributed by atoms with E-state index in [1.807, 2.05) is 0 Å². The van der Waals surface area contributed by atoms with Crippen LogP contribution in [0.1, 0.15) is 20.7 Å². The van der Waals surface area contributed by atoms with Crippen molar-refractivity contribution in [3.8, 4) is 0 Å². The van der Waals surface area contributed by atoms with E-state index in [1.54, 1.807) is 0 Å². The molecule has 0 saturated carbocycles. The molecule has 0 spiro atoms. The molecule has 0 aliphatic carbocycles. The molecule has 0 aromatic heterocycles. The van der Waals surface area contributed by atoms with Crippen molar-refractivity contribution in [2.75, 3.05) is 0 Å². The predicted molar refractivity (Wildman–Crippen MR) is 47.2 cm³/mol. The number of hydrogen-bond donors (Lipinski definition) is 2. The van der Waals surface area contributed by atoms with Gasteiger partial charge in [0.2, 0.25) is 0 Å². The quantitative estimate of drug-likeness (QED) is 0.350. The molecule has 0 atom stereocenters. The van der Waals surface area contributed by atoms with Crippen LogP contribution in [0.4, 0.5) is 0 Å². The van der Waals surface area contributed by atoms with Gasteiger partial charge < -0.3 is 20.0 Å². The molecule has 16 heavy (non-hydrogen) atoms. The van der Waals surface area contributed by atoms with E-state index in [0.717, 1.165) is 6.07 Å². The van der Waals surface area contributed by atoms with Crippen LogP contribution in [0.25, 0.3) is 0 Å². The van der Waals surface area contributed by atoms with Crippen LogP contribution in [0.5, 0.6) is 0 Å². The summed E-state index contributed by atoms with van der Waals surface area (Å²) < 4.78 is 0. The van der Waals surface area contributed by atoms with Crippen LogP contribution >= 0.6 is 0 Å². The topological polar surface area (TPSA) is 130 Å². The van der Waals surface area contributed by atoms with Crippen LogP contribution < -0.4 is 10.4 Å². The number of carbonyl (C=O) groups is 2. The number of aromatic carboxylic acids is 1. The van der Waals surface area contributed by atoms with E-state index in [4.69, 9.17) is 10.5 Å². The number of carboxylic acids is 1. The van der Waals surface area contributed by atoms with Crippen LogP contribution in [-0.4, -0.2) is 45.5 Å². The Morgan fingerprint density at radius 2 is 1.56 bits per heavy atom. The Kier molecular flexibility index (Phi) is 9.75. The summed E-state index contributed by atoms with van der Waals surface area (Å²) in [5.74, 6) is -2.76. The van der Waals surface area contributed by atoms with Gasteiger partial charge in [-0.25, -0.2) is 4.79 Å². The second-order valence-corrected chi connectivity index (χ2v) is 2.20. The van der Waals surface area contributed by atoms with E-state index in [1.165, 1.54) is 18.2 Å². The fourth-order valence-electron chi connectivity index (χ4n) is 0.884. The van der Waals surface area contributed by atoms with Crippen molar-refractivity contribution in [3.05, 3.63) is 35.4 Å². The molecule has 0 bridgehead atoms. The Balaban J connectivity index is 0. The monoisotopic (exact) mass is 238 g/mol. The molecule has 8 heteroatoms. The molecule has 7 nitrogen and oxygen atoms in total. The molecule has 0 saturated heterocycles. The van der Waals surface area contributed by atoms with E-state index >= 15 is 0 Å². The molecule has 1 aromatic carbocycles. The van der Waals surface area contributed by atoms with Gasteiger partial charge in [0.05, 0.1) is 11.5 Å². The Bertz CT molecular complexity index is 352. The van der Waals surface area contributed by atoms with Crippen LogP contribution in [-0.2, 0) is 4.89 Å². The van der Waals surface area contributed by atoms with E-state index < -0.39 is 11.9 Å². The maximum Gasteiger partial charge on any atom is 2.00 e.